The van der Waals surface area contributed by atoms with Crippen LogP contribution < -0.4 is 14.8 Å². The van der Waals surface area contributed by atoms with Crippen LogP contribution in [0.5, 0.6) is 11.5 Å². The Bertz CT molecular complexity index is 500. The number of carbonyl (C=O) groups is 1. The lowest BCUT2D eigenvalue weighted by molar-refractivity contribution is 0.0648. The highest BCUT2D eigenvalue weighted by Gasteiger charge is 2.30. The fourth-order valence-electron chi connectivity index (χ4n) is 2.47. The number of methoxy groups -OCH3 is 2. The third-order valence-electron chi connectivity index (χ3n) is 3.50. The number of ether oxygens (including phenoxy) is 2. The van der Waals surface area contributed by atoms with E-state index < -0.39 is 0 Å². The lowest BCUT2D eigenvalue weighted by Crippen LogP contribution is -2.58. The van der Waals surface area contributed by atoms with Crippen molar-refractivity contribution in [1.82, 2.24) is 10.2 Å². The maximum atomic E-state index is 12.7. The van der Waals surface area contributed by atoms with E-state index in [1.54, 1.807) is 32.4 Å². The van der Waals surface area contributed by atoms with E-state index >= 15 is 0 Å². The van der Waals surface area contributed by atoms with Gasteiger partial charge < -0.3 is 19.7 Å². The zero-order chi connectivity index (χ0) is 14.8. The molecule has 1 aliphatic heterocycles. The van der Waals surface area contributed by atoms with Crippen LogP contribution >= 0.6 is 0 Å². The molecule has 0 atom stereocenters. The Hall–Kier alpha value is -1.75. The molecule has 1 amide bonds. The Labute approximate surface area is 119 Å². The minimum Gasteiger partial charge on any atom is -0.497 e. The average Bonchev–Trinajstić information content (AvgIpc) is 2.44. The molecule has 1 aromatic rings. The topological polar surface area (TPSA) is 50.8 Å². The SMILES string of the molecule is COc1ccc(OC)c(C(=O)N2CCNC(C)(C)C2)c1. The van der Waals surface area contributed by atoms with Gasteiger partial charge in [0.15, 0.2) is 0 Å². The van der Waals surface area contributed by atoms with E-state index in [0.29, 0.717) is 30.2 Å². The van der Waals surface area contributed by atoms with Crippen LogP contribution in [0.15, 0.2) is 18.2 Å². The number of piperazine rings is 1. The maximum Gasteiger partial charge on any atom is 0.257 e. The Kier molecular flexibility index (Phi) is 4.18. The summed E-state index contributed by atoms with van der Waals surface area (Å²) in [6, 6.07) is 5.28. The van der Waals surface area contributed by atoms with Crippen LogP contribution in [0.3, 0.4) is 0 Å². The number of rotatable bonds is 3. The van der Waals surface area contributed by atoms with E-state index in [4.69, 9.17) is 9.47 Å². The first-order chi connectivity index (χ1) is 9.46. The highest BCUT2D eigenvalue weighted by Crippen LogP contribution is 2.26. The lowest BCUT2D eigenvalue weighted by Gasteiger charge is -2.39. The minimum atomic E-state index is -0.0694. The number of nitrogens with zero attached hydrogens (tertiary/aromatic N) is 1. The van der Waals surface area contributed by atoms with Crippen LogP contribution in [-0.2, 0) is 0 Å². The Morgan fingerprint density at radius 3 is 2.65 bits per heavy atom. The van der Waals surface area contributed by atoms with Crippen LogP contribution in [0, 0.1) is 0 Å². The molecule has 0 saturated carbocycles. The van der Waals surface area contributed by atoms with Crippen molar-refractivity contribution in [2.45, 2.75) is 19.4 Å². The van der Waals surface area contributed by atoms with Crippen molar-refractivity contribution < 1.29 is 14.3 Å². The molecular formula is C15H22N2O3. The summed E-state index contributed by atoms with van der Waals surface area (Å²) in [5.41, 5.74) is 0.476. The third kappa shape index (κ3) is 3.04. The normalized spacial score (nSPS) is 17.7. The van der Waals surface area contributed by atoms with E-state index in [2.05, 4.69) is 19.2 Å². The van der Waals surface area contributed by atoms with Gasteiger partial charge in [0.05, 0.1) is 19.8 Å². The summed E-state index contributed by atoms with van der Waals surface area (Å²) >= 11 is 0. The summed E-state index contributed by atoms with van der Waals surface area (Å²) in [6.07, 6.45) is 0. The van der Waals surface area contributed by atoms with E-state index in [9.17, 15) is 4.79 Å². The smallest absolute Gasteiger partial charge is 0.257 e. The van der Waals surface area contributed by atoms with E-state index in [0.717, 1.165) is 6.54 Å². The van der Waals surface area contributed by atoms with Crippen LogP contribution in [0.2, 0.25) is 0 Å². The average molecular weight is 278 g/mol. The van der Waals surface area contributed by atoms with E-state index in [1.165, 1.54) is 0 Å². The van der Waals surface area contributed by atoms with Gasteiger partial charge in [-0.05, 0) is 32.0 Å². The molecule has 0 spiro atoms. The first-order valence-electron chi connectivity index (χ1n) is 6.73. The van der Waals surface area contributed by atoms with Crippen molar-refractivity contribution in [3.63, 3.8) is 0 Å². The Morgan fingerprint density at radius 2 is 2.05 bits per heavy atom. The maximum absolute atomic E-state index is 12.7. The summed E-state index contributed by atoms with van der Waals surface area (Å²) in [5.74, 6) is 1.21. The molecule has 0 unspecified atom stereocenters. The molecule has 110 valence electrons. The molecule has 0 radical (unpaired) electrons. The molecular weight excluding hydrogens is 256 g/mol. The van der Waals surface area contributed by atoms with Crippen LogP contribution in [-0.4, -0.2) is 50.2 Å². The van der Waals surface area contributed by atoms with Crippen molar-refractivity contribution >= 4 is 5.91 Å². The number of benzene rings is 1. The highest BCUT2D eigenvalue weighted by molar-refractivity contribution is 5.97. The van der Waals surface area contributed by atoms with Crippen LogP contribution in [0.25, 0.3) is 0 Å². The molecule has 2 rings (SSSR count). The molecule has 1 aliphatic rings. The monoisotopic (exact) mass is 278 g/mol. The molecule has 20 heavy (non-hydrogen) atoms. The summed E-state index contributed by atoms with van der Waals surface area (Å²) in [4.78, 5) is 14.6. The first-order valence-corrected chi connectivity index (χ1v) is 6.73. The molecule has 0 aliphatic carbocycles. The summed E-state index contributed by atoms with van der Waals surface area (Å²) < 4.78 is 10.5. The van der Waals surface area contributed by atoms with Crippen molar-refractivity contribution in [3.8, 4) is 11.5 Å². The predicted molar refractivity (Wildman–Crippen MR) is 77.5 cm³/mol. The molecule has 0 aromatic heterocycles. The molecule has 5 nitrogen and oxygen atoms in total. The molecule has 1 saturated heterocycles. The quantitative estimate of drug-likeness (QED) is 0.911. The first kappa shape index (κ1) is 14.7. The van der Waals surface area contributed by atoms with Gasteiger partial charge in [0, 0.05) is 25.2 Å². The molecule has 0 bridgehead atoms. The summed E-state index contributed by atoms with van der Waals surface area (Å²) in [7, 11) is 3.16. The summed E-state index contributed by atoms with van der Waals surface area (Å²) in [6.45, 7) is 6.35. The van der Waals surface area contributed by atoms with E-state index in [-0.39, 0.29) is 11.4 Å². The van der Waals surface area contributed by atoms with E-state index in [1.807, 2.05) is 4.90 Å². The summed E-state index contributed by atoms with van der Waals surface area (Å²) in [5, 5.41) is 3.40. The second-order valence-corrected chi connectivity index (χ2v) is 5.60. The largest absolute Gasteiger partial charge is 0.497 e. The number of hydrogen-bond acceptors (Lipinski definition) is 4. The van der Waals surface area contributed by atoms with Crippen molar-refractivity contribution in [2.75, 3.05) is 33.9 Å². The molecule has 1 N–H and O–H groups in total. The van der Waals surface area contributed by atoms with Gasteiger partial charge in [-0.3, -0.25) is 4.79 Å². The van der Waals surface area contributed by atoms with Crippen molar-refractivity contribution in [2.24, 2.45) is 0 Å². The molecule has 1 fully saturated rings. The number of amides is 1. The molecule has 1 aromatic carbocycles. The van der Waals surface area contributed by atoms with Gasteiger partial charge >= 0.3 is 0 Å². The van der Waals surface area contributed by atoms with Crippen LogP contribution in [0.1, 0.15) is 24.2 Å². The van der Waals surface area contributed by atoms with Gasteiger partial charge in [-0.25, -0.2) is 0 Å². The predicted octanol–water partition coefficient (Wildman–Crippen LogP) is 1.53. The second-order valence-electron chi connectivity index (χ2n) is 5.60. The zero-order valence-electron chi connectivity index (χ0n) is 12.5. The Morgan fingerprint density at radius 1 is 1.30 bits per heavy atom. The zero-order valence-corrected chi connectivity index (χ0v) is 12.5. The van der Waals surface area contributed by atoms with Gasteiger partial charge in [-0.1, -0.05) is 0 Å². The van der Waals surface area contributed by atoms with Crippen molar-refractivity contribution in [1.29, 1.82) is 0 Å². The van der Waals surface area contributed by atoms with Gasteiger partial charge in [-0.2, -0.15) is 0 Å². The standard InChI is InChI=1S/C15H22N2O3/c1-15(2)10-17(8-7-16-15)14(18)12-9-11(19-3)5-6-13(12)20-4/h5-6,9,16H,7-8,10H2,1-4H3. The Balaban J connectivity index is 2.28. The highest BCUT2D eigenvalue weighted by atomic mass is 16.5. The van der Waals surface area contributed by atoms with Gasteiger partial charge in [0.25, 0.3) is 5.91 Å². The minimum absolute atomic E-state index is 0.0182. The van der Waals surface area contributed by atoms with Gasteiger partial charge in [0.2, 0.25) is 0 Å². The number of hydrogen-bond donors (Lipinski definition) is 1. The molecule has 5 heteroatoms. The molecule has 1 heterocycles. The lowest BCUT2D eigenvalue weighted by atomic mass is 10.0. The second kappa shape index (κ2) is 5.71. The fourth-order valence-corrected chi connectivity index (χ4v) is 2.47. The van der Waals surface area contributed by atoms with Crippen LogP contribution in [0.4, 0.5) is 0 Å². The third-order valence-corrected chi connectivity index (χ3v) is 3.50. The van der Waals surface area contributed by atoms with Gasteiger partial charge in [0.1, 0.15) is 11.5 Å². The fraction of sp³-hybridized carbons (Fsp3) is 0.533. The number of nitrogens with one attached hydrogen (secondary N) is 1. The number of carbonyl (C=O) groups excluding carboxylic acids is 1. The van der Waals surface area contributed by atoms with Gasteiger partial charge in [-0.15, -0.1) is 0 Å². The van der Waals surface area contributed by atoms with Crippen molar-refractivity contribution in [3.05, 3.63) is 23.8 Å².